The van der Waals surface area contributed by atoms with E-state index in [-0.39, 0.29) is 41.0 Å². The molecule has 1 unspecified atom stereocenters. The summed E-state index contributed by atoms with van der Waals surface area (Å²) in [5.41, 5.74) is 7.71. The number of likely N-dealkylation sites (N-methyl/N-ethyl adjacent to an activating group) is 1. The molecule has 5 rings (SSSR count). The number of hydrogen-bond acceptors (Lipinski definition) is 8. The summed E-state index contributed by atoms with van der Waals surface area (Å²) in [4.78, 5) is 44.7. The third-order valence-electron chi connectivity index (χ3n) is 8.16. The number of sulfonamides is 1. The molecule has 1 heterocycles. The lowest BCUT2D eigenvalue weighted by Gasteiger charge is -2.29. The Balaban J connectivity index is 1.51. The SMILES string of the molecule is CCOC(=O)C(C)N(C)C(=O)CN(c1ccc2c(C(=O)NCc3ccc(C(=N)N)cc3)cccc2c1)S(=O)(=O)c1cccc2cccnc12. The summed E-state index contributed by atoms with van der Waals surface area (Å²) in [6.45, 7) is 2.90. The van der Waals surface area contributed by atoms with Crippen molar-refractivity contribution in [2.45, 2.75) is 31.3 Å². The van der Waals surface area contributed by atoms with Crippen LogP contribution in [0.4, 0.5) is 5.69 Å². The van der Waals surface area contributed by atoms with Crippen molar-refractivity contribution >= 4 is 61.0 Å². The zero-order valence-electron chi connectivity index (χ0n) is 27.2. The number of rotatable bonds is 12. The highest BCUT2D eigenvalue weighted by Crippen LogP contribution is 2.31. The average molecular weight is 681 g/mol. The van der Waals surface area contributed by atoms with E-state index in [4.69, 9.17) is 15.9 Å². The Morgan fingerprint density at radius 1 is 0.959 bits per heavy atom. The first-order chi connectivity index (χ1) is 23.4. The maximum absolute atomic E-state index is 14.4. The lowest BCUT2D eigenvalue weighted by molar-refractivity contribution is -0.152. The maximum Gasteiger partial charge on any atom is 0.328 e. The van der Waals surface area contributed by atoms with Crippen LogP contribution in [0.2, 0.25) is 0 Å². The Morgan fingerprint density at radius 3 is 2.37 bits per heavy atom. The number of pyridine rings is 1. The number of hydrogen-bond donors (Lipinski definition) is 3. The molecule has 0 aliphatic heterocycles. The number of nitrogens with zero attached hydrogens (tertiary/aromatic N) is 3. The topological polar surface area (TPSA) is 176 Å². The Morgan fingerprint density at radius 2 is 1.65 bits per heavy atom. The molecule has 0 aliphatic rings. The molecule has 5 aromatic rings. The van der Waals surface area contributed by atoms with Crippen LogP contribution < -0.4 is 15.4 Å². The smallest absolute Gasteiger partial charge is 0.328 e. The molecule has 1 atom stereocenters. The number of carbonyl (C=O) groups excluding carboxylic acids is 3. The Kier molecular flexibility index (Phi) is 10.2. The fourth-order valence-electron chi connectivity index (χ4n) is 5.29. The molecule has 0 saturated heterocycles. The Labute approximate surface area is 284 Å². The van der Waals surface area contributed by atoms with E-state index >= 15 is 0 Å². The molecule has 1 aromatic heterocycles. The van der Waals surface area contributed by atoms with Crippen molar-refractivity contribution in [3.8, 4) is 0 Å². The second-order valence-electron chi connectivity index (χ2n) is 11.3. The van der Waals surface area contributed by atoms with Crippen molar-refractivity contribution < 1.29 is 27.5 Å². The molecule has 0 fully saturated rings. The number of anilines is 1. The van der Waals surface area contributed by atoms with E-state index in [0.717, 1.165) is 14.8 Å². The average Bonchev–Trinajstić information content (AvgIpc) is 3.11. The van der Waals surface area contributed by atoms with E-state index in [1.165, 1.54) is 32.3 Å². The zero-order valence-corrected chi connectivity index (χ0v) is 28.0. The third-order valence-corrected chi connectivity index (χ3v) is 9.96. The minimum atomic E-state index is -4.40. The van der Waals surface area contributed by atoms with Crippen LogP contribution in [0.1, 0.15) is 35.3 Å². The molecule has 4 N–H and O–H groups in total. The first-order valence-electron chi connectivity index (χ1n) is 15.5. The second-order valence-corrected chi connectivity index (χ2v) is 13.1. The number of esters is 1. The van der Waals surface area contributed by atoms with Crippen LogP contribution in [0.15, 0.2) is 102 Å². The second kappa shape index (κ2) is 14.5. The minimum absolute atomic E-state index is 0.0477. The van der Waals surface area contributed by atoms with Gasteiger partial charge in [0, 0.05) is 36.3 Å². The van der Waals surface area contributed by atoms with Crippen LogP contribution in [-0.2, 0) is 30.9 Å². The van der Waals surface area contributed by atoms with Gasteiger partial charge in [-0.3, -0.25) is 24.3 Å². The number of nitrogens with one attached hydrogen (secondary N) is 2. The van der Waals surface area contributed by atoms with Crippen molar-refractivity contribution in [3.63, 3.8) is 0 Å². The summed E-state index contributed by atoms with van der Waals surface area (Å²) in [6.07, 6.45) is 1.50. The van der Waals surface area contributed by atoms with Crippen LogP contribution in [-0.4, -0.2) is 68.2 Å². The van der Waals surface area contributed by atoms with E-state index in [1.54, 1.807) is 85.8 Å². The summed E-state index contributed by atoms with van der Waals surface area (Å²) in [5.74, 6) is -1.64. The van der Waals surface area contributed by atoms with Crippen molar-refractivity contribution in [1.29, 1.82) is 5.41 Å². The lowest BCUT2D eigenvalue weighted by Crippen LogP contribution is -2.47. The number of benzene rings is 4. The number of amides is 2. The molecule has 4 aromatic carbocycles. The van der Waals surface area contributed by atoms with E-state index < -0.39 is 34.5 Å². The molecular formula is C36H36N6O6S. The summed E-state index contributed by atoms with van der Waals surface area (Å²) in [6, 6.07) is 24.1. The normalized spacial score (nSPS) is 11.9. The number of aromatic nitrogens is 1. The minimum Gasteiger partial charge on any atom is -0.464 e. The van der Waals surface area contributed by atoms with E-state index in [9.17, 15) is 22.8 Å². The van der Waals surface area contributed by atoms with Crippen LogP contribution in [0.5, 0.6) is 0 Å². The van der Waals surface area contributed by atoms with Gasteiger partial charge >= 0.3 is 5.97 Å². The fourth-order valence-corrected chi connectivity index (χ4v) is 6.87. The highest BCUT2D eigenvalue weighted by molar-refractivity contribution is 7.93. The summed E-state index contributed by atoms with van der Waals surface area (Å²) in [7, 11) is -2.99. The molecule has 0 bridgehead atoms. The number of nitrogen functional groups attached to an aromatic ring is 1. The van der Waals surface area contributed by atoms with Crippen LogP contribution >= 0.6 is 0 Å². The van der Waals surface area contributed by atoms with Crippen LogP contribution in [0.3, 0.4) is 0 Å². The van der Waals surface area contributed by atoms with Gasteiger partial charge in [-0.15, -0.1) is 0 Å². The first kappa shape index (κ1) is 34.5. The van der Waals surface area contributed by atoms with Gasteiger partial charge in [0.25, 0.3) is 15.9 Å². The van der Waals surface area contributed by atoms with Gasteiger partial charge in [0.1, 0.15) is 23.3 Å². The number of para-hydroxylation sites is 1. The predicted molar refractivity (Wildman–Crippen MR) is 188 cm³/mol. The van der Waals surface area contributed by atoms with Gasteiger partial charge in [-0.1, -0.05) is 60.7 Å². The first-order valence-corrected chi connectivity index (χ1v) is 16.9. The summed E-state index contributed by atoms with van der Waals surface area (Å²) in [5, 5.41) is 12.2. The lowest BCUT2D eigenvalue weighted by atomic mass is 10.0. The van der Waals surface area contributed by atoms with E-state index in [2.05, 4.69) is 10.3 Å². The van der Waals surface area contributed by atoms with Gasteiger partial charge in [0.2, 0.25) is 5.91 Å². The van der Waals surface area contributed by atoms with Crippen molar-refractivity contribution in [2.75, 3.05) is 24.5 Å². The van der Waals surface area contributed by atoms with Gasteiger partial charge in [0.05, 0.1) is 17.8 Å². The molecular weight excluding hydrogens is 644 g/mol. The molecule has 0 aliphatic carbocycles. The largest absolute Gasteiger partial charge is 0.464 e. The summed E-state index contributed by atoms with van der Waals surface area (Å²) < 4.78 is 34.9. The van der Waals surface area contributed by atoms with E-state index in [1.807, 2.05) is 0 Å². The number of amidine groups is 1. The zero-order chi connectivity index (χ0) is 35.3. The Hall–Kier alpha value is -5.82. The number of ether oxygens (including phenoxy) is 1. The van der Waals surface area contributed by atoms with Gasteiger partial charge < -0.3 is 20.7 Å². The standard InChI is InChI=1S/C36H36N6O6S/c1-4-48-36(45)23(2)41(3)32(43)22-42(49(46,47)31-12-6-8-25-10-7-19-39-33(25)31)28-17-18-29-27(20-28)9-5-11-30(29)35(44)40-21-24-13-15-26(16-14-24)34(37)38/h5-20,23H,4,21-22H2,1-3H3,(H3,37,38)(H,40,44). The Bertz CT molecular complexity index is 2170. The van der Waals surface area contributed by atoms with Gasteiger partial charge in [-0.25, -0.2) is 13.2 Å². The molecule has 0 radical (unpaired) electrons. The van der Waals surface area contributed by atoms with E-state index in [0.29, 0.717) is 27.3 Å². The predicted octanol–water partition coefficient (Wildman–Crippen LogP) is 4.21. The molecule has 0 spiro atoms. The van der Waals surface area contributed by atoms with Crippen LogP contribution in [0, 0.1) is 5.41 Å². The highest BCUT2D eigenvalue weighted by Gasteiger charge is 2.32. The maximum atomic E-state index is 14.4. The van der Waals surface area contributed by atoms with Gasteiger partial charge in [0.15, 0.2) is 0 Å². The molecule has 13 heteroatoms. The van der Waals surface area contributed by atoms with Crippen molar-refractivity contribution in [2.24, 2.45) is 5.73 Å². The van der Waals surface area contributed by atoms with Gasteiger partial charge in [-0.2, -0.15) is 0 Å². The van der Waals surface area contributed by atoms with Crippen LogP contribution in [0.25, 0.3) is 21.7 Å². The number of fused-ring (bicyclic) bond motifs is 2. The molecule has 252 valence electrons. The third kappa shape index (κ3) is 7.36. The molecule has 12 nitrogen and oxygen atoms in total. The molecule has 49 heavy (non-hydrogen) atoms. The molecule has 2 amide bonds. The summed E-state index contributed by atoms with van der Waals surface area (Å²) >= 11 is 0. The highest BCUT2D eigenvalue weighted by atomic mass is 32.2. The number of carbonyl (C=O) groups is 3. The van der Waals surface area contributed by atoms with Crippen molar-refractivity contribution in [1.82, 2.24) is 15.2 Å². The fraction of sp³-hybridized carbons (Fsp3) is 0.194. The van der Waals surface area contributed by atoms with Gasteiger partial charge in [-0.05, 0) is 60.5 Å². The quantitative estimate of drug-likeness (QED) is 0.0998. The number of nitrogens with two attached hydrogens (primary N) is 1. The molecule has 0 saturated carbocycles. The van der Waals surface area contributed by atoms with Crippen molar-refractivity contribution in [3.05, 3.63) is 114 Å². The monoisotopic (exact) mass is 680 g/mol.